The molecule has 1 aromatic carbocycles. The van der Waals surface area contributed by atoms with Crippen molar-refractivity contribution in [3.05, 3.63) is 24.3 Å². The summed E-state index contributed by atoms with van der Waals surface area (Å²) >= 11 is 4.59. The standard InChI is InChI=1S/C10H12N2O2S2/c1-12(2)16(13,14)10-5-3-9(4-6-10)11-7-8-15/h3-8H,1-2H3. The number of thiocarbonyl (C=S) groups is 1. The molecule has 0 amide bonds. The Hall–Kier alpha value is -1.11. The normalized spacial score (nSPS) is 12.2. The predicted molar refractivity (Wildman–Crippen MR) is 69.1 cm³/mol. The molecule has 0 unspecified atom stereocenters. The molecular weight excluding hydrogens is 244 g/mol. The summed E-state index contributed by atoms with van der Waals surface area (Å²) in [5.74, 6) is 0. The first kappa shape index (κ1) is 13.0. The summed E-state index contributed by atoms with van der Waals surface area (Å²) < 4.78 is 24.6. The number of sulfonamides is 1. The summed E-state index contributed by atoms with van der Waals surface area (Å²) in [6, 6.07) is 6.30. The molecule has 16 heavy (non-hydrogen) atoms. The van der Waals surface area contributed by atoms with Gasteiger partial charge in [-0.15, -0.1) is 0 Å². The van der Waals surface area contributed by atoms with Gasteiger partial charge in [-0.25, -0.2) is 12.7 Å². The van der Waals surface area contributed by atoms with Gasteiger partial charge in [0.2, 0.25) is 10.0 Å². The van der Waals surface area contributed by atoms with Crippen molar-refractivity contribution in [3.8, 4) is 0 Å². The van der Waals surface area contributed by atoms with E-state index in [1.54, 1.807) is 12.1 Å². The molecule has 0 radical (unpaired) electrons. The van der Waals surface area contributed by atoms with Crippen molar-refractivity contribution in [1.82, 2.24) is 4.31 Å². The smallest absolute Gasteiger partial charge is 0.242 e. The first-order valence-electron chi connectivity index (χ1n) is 4.49. The third-order valence-electron chi connectivity index (χ3n) is 1.90. The van der Waals surface area contributed by atoms with Gasteiger partial charge in [0, 0.05) is 25.7 Å². The van der Waals surface area contributed by atoms with Gasteiger partial charge >= 0.3 is 0 Å². The van der Waals surface area contributed by atoms with E-state index in [0.717, 1.165) is 0 Å². The van der Waals surface area contributed by atoms with Crippen molar-refractivity contribution < 1.29 is 8.42 Å². The fraction of sp³-hybridized carbons (Fsp3) is 0.200. The fourth-order valence-corrected chi connectivity index (χ4v) is 1.99. The summed E-state index contributed by atoms with van der Waals surface area (Å²) in [5.41, 5.74) is 0.666. The minimum Gasteiger partial charge on any atom is -0.256 e. The molecule has 0 saturated carbocycles. The number of nitrogens with zero attached hydrogens (tertiary/aromatic N) is 2. The molecule has 4 nitrogen and oxygen atoms in total. The van der Waals surface area contributed by atoms with Crippen LogP contribution in [-0.2, 0) is 10.0 Å². The van der Waals surface area contributed by atoms with Crippen LogP contribution < -0.4 is 0 Å². The van der Waals surface area contributed by atoms with E-state index in [9.17, 15) is 8.42 Å². The monoisotopic (exact) mass is 256 g/mol. The highest BCUT2D eigenvalue weighted by atomic mass is 32.2. The van der Waals surface area contributed by atoms with Gasteiger partial charge in [0.15, 0.2) is 0 Å². The third-order valence-corrected chi connectivity index (χ3v) is 3.85. The second-order valence-corrected chi connectivity index (χ2v) is 5.62. The molecule has 6 heteroatoms. The van der Waals surface area contributed by atoms with Crippen LogP contribution in [0.5, 0.6) is 0 Å². The molecule has 1 aromatic rings. The summed E-state index contributed by atoms with van der Waals surface area (Å²) in [4.78, 5) is 4.25. The molecule has 86 valence electrons. The van der Waals surface area contributed by atoms with Crippen LogP contribution in [0.1, 0.15) is 0 Å². The van der Waals surface area contributed by atoms with E-state index < -0.39 is 10.0 Å². The number of aliphatic imine (C=N–C) groups is 1. The van der Waals surface area contributed by atoms with Crippen LogP contribution in [0.15, 0.2) is 34.2 Å². The molecule has 0 heterocycles. The Balaban J connectivity index is 3.04. The summed E-state index contributed by atoms with van der Waals surface area (Å²) in [5, 5.41) is 1.39. The number of rotatable bonds is 4. The van der Waals surface area contributed by atoms with Crippen molar-refractivity contribution in [2.45, 2.75) is 4.90 Å². The van der Waals surface area contributed by atoms with Crippen molar-refractivity contribution in [3.63, 3.8) is 0 Å². The molecule has 0 spiro atoms. The quantitative estimate of drug-likeness (QED) is 0.608. The maximum Gasteiger partial charge on any atom is 0.242 e. The maximum atomic E-state index is 11.7. The maximum absolute atomic E-state index is 11.7. The zero-order valence-corrected chi connectivity index (χ0v) is 10.6. The predicted octanol–water partition coefficient (Wildman–Crippen LogP) is 1.64. The number of hydrogen-bond acceptors (Lipinski definition) is 4. The van der Waals surface area contributed by atoms with Crippen LogP contribution in [0.3, 0.4) is 0 Å². The Labute approximate surface area is 101 Å². The lowest BCUT2D eigenvalue weighted by molar-refractivity contribution is 0.521. The molecule has 0 bridgehead atoms. The molecule has 0 atom stereocenters. The lowest BCUT2D eigenvalue weighted by atomic mass is 10.3. The highest BCUT2D eigenvalue weighted by Gasteiger charge is 2.16. The molecule has 0 N–H and O–H groups in total. The minimum atomic E-state index is -3.36. The average Bonchev–Trinajstić information content (AvgIpc) is 2.26. The van der Waals surface area contributed by atoms with E-state index in [0.29, 0.717) is 5.69 Å². The zero-order chi connectivity index (χ0) is 12.2. The first-order chi connectivity index (χ1) is 7.48. The number of hydrogen-bond donors (Lipinski definition) is 0. The Morgan fingerprint density at radius 2 is 1.81 bits per heavy atom. The highest BCUT2D eigenvalue weighted by molar-refractivity contribution is 7.89. The Kier molecular flexibility index (Phi) is 4.28. The van der Waals surface area contributed by atoms with Gasteiger partial charge in [-0.2, -0.15) is 0 Å². The van der Waals surface area contributed by atoms with Gasteiger partial charge in [-0.3, -0.25) is 4.99 Å². The van der Waals surface area contributed by atoms with E-state index >= 15 is 0 Å². The minimum absolute atomic E-state index is 0.249. The SMILES string of the molecule is CN(C)S(=O)(=O)c1ccc(N=CC=S)cc1. The van der Waals surface area contributed by atoms with Crippen LogP contribution in [0.2, 0.25) is 0 Å². The van der Waals surface area contributed by atoms with Gasteiger partial charge in [0.05, 0.1) is 10.6 Å². The van der Waals surface area contributed by atoms with Crippen LogP contribution >= 0.6 is 12.2 Å². The molecule has 0 aliphatic carbocycles. The van der Waals surface area contributed by atoms with Gasteiger partial charge in [-0.1, -0.05) is 12.2 Å². The van der Waals surface area contributed by atoms with Crippen LogP contribution in [0, 0.1) is 0 Å². The van der Waals surface area contributed by atoms with Crippen molar-refractivity contribution in [2.75, 3.05) is 14.1 Å². The van der Waals surface area contributed by atoms with Crippen LogP contribution in [-0.4, -0.2) is 38.4 Å². The lowest BCUT2D eigenvalue weighted by Crippen LogP contribution is -2.21. The average molecular weight is 256 g/mol. The molecular formula is C10H12N2O2S2. The van der Waals surface area contributed by atoms with Gasteiger partial charge in [-0.05, 0) is 24.3 Å². The van der Waals surface area contributed by atoms with E-state index in [4.69, 9.17) is 0 Å². The van der Waals surface area contributed by atoms with E-state index in [2.05, 4.69) is 17.2 Å². The van der Waals surface area contributed by atoms with Crippen molar-refractivity contribution in [1.29, 1.82) is 0 Å². The van der Waals surface area contributed by atoms with Crippen molar-refractivity contribution >= 4 is 39.5 Å². The first-order valence-corrected chi connectivity index (χ1v) is 6.40. The topological polar surface area (TPSA) is 49.7 Å². The van der Waals surface area contributed by atoms with Crippen LogP contribution in [0.25, 0.3) is 0 Å². The Morgan fingerprint density at radius 3 is 2.25 bits per heavy atom. The Bertz CT molecular complexity index is 490. The molecule has 0 fully saturated rings. The molecule has 0 saturated heterocycles. The van der Waals surface area contributed by atoms with Crippen LogP contribution in [0.4, 0.5) is 5.69 Å². The van der Waals surface area contributed by atoms with E-state index in [1.165, 1.54) is 42.1 Å². The van der Waals surface area contributed by atoms with Crippen molar-refractivity contribution in [2.24, 2.45) is 4.99 Å². The summed E-state index contributed by atoms with van der Waals surface area (Å²) in [7, 11) is -0.374. The zero-order valence-electron chi connectivity index (χ0n) is 8.99. The molecule has 0 aromatic heterocycles. The third kappa shape index (κ3) is 2.94. The largest absolute Gasteiger partial charge is 0.256 e. The van der Waals surface area contributed by atoms with Gasteiger partial charge < -0.3 is 0 Å². The van der Waals surface area contributed by atoms with E-state index in [1.807, 2.05) is 0 Å². The summed E-state index contributed by atoms with van der Waals surface area (Å²) in [6.07, 6.45) is 1.48. The van der Waals surface area contributed by atoms with Gasteiger partial charge in [0.1, 0.15) is 0 Å². The second kappa shape index (κ2) is 5.29. The summed E-state index contributed by atoms with van der Waals surface area (Å²) in [6.45, 7) is 0. The molecule has 0 aliphatic rings. The van der Waals surface area contributed by atoms with Gasteiger partial charge in [0.25, 0.3) is 0 Å². The van der Waals surface area contributed by atoms with E-state index in [-0.39, 0.29) is 4.90 Å². The Morgan fingerprint density at radius 1 is 1.25 bits per heavy atom. The molecule has 1 rings (SSSR count). The molecule has 0 aliphatic heterocycles. The number of benzene rings is 1. The lowest BCUT2D eigenvalue weighted by Gasteiger charge is -2.10. The fourth-order valence-electron chi connectivity index (χ4n) is 1.03. The second-order valence-electron chi connectivity index (χ2n) is 3.20. The highest BCUT2D eigenvalue weighted by Crippen LogP contribution is 2.17.